The van der Waals surface area contributed by atoms with Crippen LogP contribution in [0.2, 0.25) is 0 Å². The predicted octanol–water partition coefficient (Wildman–Crippen LogP) is -4.73. The third-order valence-corrected chi connectivity index (χ3v) is 25.2. The van der Waals surface area contributed by atoms with Gasteiger partial charge in [0.25, 0.3) is 0 Å². The summed E-state index contributed by atoms with van der Waals surface area (Å²) in [5.74, 6) is -4.88. The second-order valence-electron chi connectivity index (χ2n) is 37.6. The van der Waals surface area contributed by atoms with Gasteiger partial charge in [0.05, 0.1) is 102 Å². The minimum atomic E-state index is -1.90. The molecule has 0 saturated carbocycles. The molecule has 0 aliphatic carbocycles. The zero-order valence-corrected chi connectivity index (χ0v) is 82.9. The average Bonchev–Trinajstić information content (AvgIpc) is 1.74. The van der Waals surface area contributed by atoms with Crippen LogP contribution in [0.5, 0.6) is 0 Å². The molecule has 2 aromatic heterocycles. The Morgan fingerprint density at radius 2 is 1.30 bits per heavy atom. The number of carbonyl (C=O) groups excluding carboxylic acids is 7. The van der Waals surface area contributed by atoms with Gasteiger partial charge in [-0.05, 0) is 120 Å². The van der Waals surface area contributed by atoms with Crippen molar-refractivity contribution in [1.82, 2.24) is 99.6 Å². The number of nitrogens with zero attached hydrogens (tertiary/aromatic N) is 3. The summed E-state index contributed by atoms with van der Waals surface area (Å²) in [5.41, 5.74) is 25.1. The number of nitrogens with one attached hydrogen (secondary N) is 17. The maximum absolute atomic E-state index is 15.2. The van der Waals surface area contributed by atoms with Crippen molar-refractivity contribution >= 4 is 64.2 Å². The molecule has 3 aromatic rings. The molecule has 7 amide bonds. The number of aromatic amines is 2. The van der Waals surface area contributed by atoms with Crippen LogP contribution in [0.25, 0.3) is 10.9 Å². The zero-order chi connectivity index (χ0) is 103. The van der Waals surface area contributed by atoms with E-state index in [1.807, 2.05) is 31.2 Å². The van der Waals surface area contributed by atoms with Gasteiger partial charge in [-0.25, -0.2) is 4.98 Å². The first-order valence-corrected chi connectivity index (χ1v) is 50.9. The summed E-state index contributed by atoms with van der Waals surface area (Å²) in [4.78, 5) is 123. The lowest BCUT2D eigenvalue weighted by Gasteiger charge is -2.39. The highest BCUT2D eigenvalue weighted by molar-refractivity contribution is 5.85. The minimum absolute atomic E-state index is 0.0000554. The van der Waals surface area contributed by atoms with E-state index in [4.69, 9.17) is 32.4 Å². The lowest BCUT2D eigenvalue weighted by molar-refractivity contribution is -0.139. The number of aromatic nitrogens is 3. The molecule has 141 heavy (non-hydrogen) atoms. The first kappa shape index (κ1) is 123. The topological polar surface area (TPSA) is 763 Å². The van der Waals surface area contributed by atoms with Gasteiger partial charge in [0.15, 0.2) is 5.96 Å². The quantitative estimate of drug-likeness (QED) is 0.0109. The van der Waals surface area contributed by atoms with Gasteiger partial charge in [-0.3, -0.25) is 85.5 Å². The van der Waals surface area contributed by atoms with Gasteiger partial charge in [0, 0.05) is 111 Å². The number of imidazole rings is 1. The number of carboxylic acids is 1. The van der Waals surface area contributed by atoms with Gasteiger partial charge < -0.3 is 151 Å². The number of ether oxygens (including phenoxy) is 2. The van der Waals surface area contributed by atoms with Crippen molar-refractivity contribution in [3.63, 3.8) is 0 Å². The number of hydrogen-bond acceptors (Lipinski definition) is 35. The van der Waals surface area contributed by atoms with Crippen LogP contribution in [0.3, 0.4) is 0 Å². The highest BCUT2D eigenvalue weighted by atomic mass is 16.5. The van der Waals surface area contributed by atoms with Gasteiger partial charge in [0.2, 0.25) is 41.4 Å². The first-order valence-electron chi connectivity index (χ1n) is 50.9. The van der Waals surface area contributed by atoms with E-state index in [1.54, 1.807) is 6.20 Å². The number of carboxylic acid groups (broad SMARTS) is 1. The van der Waals surface area contributed by atoms with Crippen LogP contribution in [0.15, 0.2) is 48.0 Å². The summed E-state index contributed by atoms with van der Waals surface area (Å²) in [7, 11) is 0. The largest absolute Gasteiger partial charge is 0.480 e. The lowest BCUT2D eigenvalue weighted by atomic mass is 9.89. The van der Waals surface area contributed by atoms with Crippen molar-refractivity contribution < 1.29 is 114 Å². The van der Waals surface area contributed by atoms with Crippen molar-refractivity contribution in [1.29, 1.82) is 0 Å². The normalized spacial score (nSPS) is 22.0. The van der Waals surface area contributed by atoms with Crippen molar-refractivity contribution in [2.75, 3.05) is 98.5 Å². The van der Waals surface area contributed by atoms with Crippen LogP contribution in [0.4, 0.5) is 0 Å². The van der Waals surface area contributed by atoms with Crippen LogP contribution in [-0.2, 0) is 60.7 Å². The van der Waals surface area contributed by atoms with E-state index in [0.717, 1.165) is 41.6 Å². The molecule has 0 spiro atoms. The van der Waals surface area contributed by atoms with E-state index >= 15 is 4.79 Å². The number of aliphatic hydroxyl groups is 12. The number of piperidine rings is 1. The highest BCUT2D eigenvalue weighted by Gasteiger charge is 2.40. The van der Waals surface area contributed by atoms with Gasteiger partial charge in [0.1, 0.15) is 68.7 Å². The van der Waals surface area contributed by atoms with Gasteiger partial charge in [-0.1, -0.05) is 135 Å². The zero-order valence-electron chi connectivity index (χ0n) is 82.9. The van der Waals surface area contributed by atoms with Gasteiger partial charge in [-0.2, -0.15) is 0 Å². The van der Waals surface area contributed by atoms with Crippen LogP contribution in [0, 0.1) is 5.92 Å². The molecule has 38 N–H and O–H groups in total. The Morgan fingerprint density at radius 3 is 1.96 bits per heavy atom. The number of unbranched alkanes of at least 4 members (excludes halogenated alkanes) is 13. The molecule has 2 saturated heterocycles. The summed E-state index contributed by atoms with van der Waals surface area (Å²) >= 11 is 0. The highest BCUT2D eigenvalue weighted by Crippen LogP contribution is 2.25. The summed E-state index contributed by atoms with van der Waals surface area (Å²) < 4.78 is 11.0. The van der Waals surface area contributed by atoms with Gasteiger partial charge >= 0.3 is 5.97 Å². The first-order chi connectivity index (χ1) is 67.7. The summed E-state index contributed by atoms with van der Waals surface area (Å²) in [6.07, 6.45) is 8.38. The molecule has 1 aromatic carbocycles. The molecule has 47 heteroatoms. The van der Waals surface area contributed by atoms with Crippen molar-refractivity contribution in [3.05, 3.63) is 54.2 Å². The molecule has 808 valence electrons. The second kappa shape index (κ2) is 72.3. The van der Waals surface area contributed by atoms with E-state index < -0.39 is 216 Å². The molecule has 4 heterocycles. The summed E-state index contributed by atoms with van der Waals surface area (Å²) in [5, 5.41) is 191. The van der Waals surface area contributed by atoms with Crippen molar-refractivity contribution in [3.8, 4) is 0 Å². The van der Waals surface area contributed by atoms with Crippen LogP contribution < -0.4 is 103 Å². The van der Waals surface area contributed by atoms with Gasteiger partial charge in [-0.15, -0.1) is 0 Å². The number of H-pyrrole nitrogens is 2. The Labute approximate surface area is 828 Å². The van der Waals surface area contributed by atoms with Crippen LogP contribution >= 0.6 is 0 Å². The Hall–Kier alpha value is -8.00. The third kappa shape index (κ3) is 53.1. The molecule has 47 nitrogen and oxygen atoms in total. The average molecular weight is 2010 g/mol. The van der Waals surface area contributed by atoms with Crippen molar-refractivity contribution in [2.24, 2.45) is 33.8 Å². The molecule has 2 aliphatic heterocycles. The number of carbonyl (C=O) groups is 8. The summed E-state index contributed by atoms with van der Waals surface area (Å²) in [6, 6.07) is -5.43. The Bertz CT molecular complexity index is 3930. The number of amides is 7. The monoisotopic (exact) mass is 2010 g/mol. The Morgan fingerprint density at radius 1 is 0.631 bits per heavy atom. The smallest absolute Gasteiger partial charge is 0.317 e. The number of rotatable bonds is 67. The fourth-order valence-electron chi connectivity index (χ4n) is 17.2. The molecule has 0 radical (unpaired) electrons. The standard InChI is InChI=1S/C94H174N24O23/c1-4-5-28-70(88(134)111-66-37-39-78(123)100-40-22-21-30-67(85(96)131)112-91(137)73(49-61-51-104-64-29-20-19-27-63(61)64)116-87(133)69(33-25-42-103-94(97)98)109-80(125)54-106-86(132)68-32-23-31-65(108-68)84(66)130)113-89(135)71(34-24-41-101-81(126)55-118(44-45-119)56-83(128)129)114-92(138)74(50-62-52-99-59-107-62)117-90(136)72(36-38-76(95)121)115-93(139)75(57-120)110-79(124)53-105-82(127)58-141-48-47-140-46-43-102-77(122)35-18-16-14-12-10-8-6-7-9-11-13-15-17-26-60(2)3/h19-20,27,29,51-52,59-60,65-76,79-80,84-85,87-91,104,108-113,116-117,119-121,124-125,130-131,133-137H,4-18,21-26,28,30-50,53-58,95-96H2,1-3H3,(H,99,107)(H,100,123)(H,101,126)(H,102,122)(H,105,127)(H,106,132)(H,114,138)(H,115,139)(H,128,129)(H4,97,98,103). The Kier molecular flexibility index (Phi) is 63.3. The number of aliphatic hydroxyl groups excluding tert-OH is 12. The summed E-state index contributed by atoms with van der Waals surface area (Å²) in [6.45, 7) is 3.43. The molecule has 2 fully saturated rings. The van der Waals surface area contributed by atoms with Crippen molar-refractivity contribution in [2.45, 2.75) is 368 Å². The maximum atomic E-state index is 15.2. The van der Waals surface area contributed by atoms with Crippen LogP contribution in [0.1, 0.15) is 237 Å². The number of benzene rings is 1. The minimum Gasteiger partial charge on any atom is -0.480 e. The van der Waals surface area contributed by atoms with E-state index in [2.05, 4.69) is 114 Å². The number of aliphatic carboxylic acids is 1. The molecular formula is C94H174N24O23. The molecular weight excluding hydrogens is 1830 g/mol. The number of fused-ring (bicyclic) bond motifs is 3. The molecule has 2 aliphatic rings. The molecule has 5 rings (SSSR count). The molecule has 21 atom stereocenters. The second-order valence-corrected chi connectivity index (χ2v) is 37.6. The fraction of sp³-hybridized carbons (Fsp3) is 0.787. The Balaban J connectivity index is 1.28. The van der Waals surface area contributed by atoms with E-state index in [-0.39, 0.29) is 135 Å². The predicted molar refractivity (Wildman–Crippen MR) is 530 cm³/mol. The molecule has 2 bridgehead atoms. The fourth-order valence-corrected chi connectivity index (χ4v) is 17.2. The third-order valence-electron chi connectivity index (χ3n) is 25.2. The molecule has 21 unspecified atom stereocenters. The maximum Gasteiger partial charge on any atom is 0.317 e. The number of para-hydroxylation sites is 1. The number of nitrogens with two attached hydrogens (primary N) is 4. The lowest BCUT2D eigenvalue weighted by Crippen LogP contribution is -2.64. The van der Waals surface area contributed by atoms with E-state index in [1.165, 1.54) is 88.1 Å². The SMILES string of the molecule is CCCCC(NC(O)C(CCCNC(=O)CN(CCO)CC(=O)O)NC(=O)C(Cc1cnc[nH]1)NC(O)C(CCC(N)O)NC(=O)C(CO)NC(O)CNC(=O)COCCOCCNC(=O)CCCCCCCCCCCCCCCC(C)C)C(O)NC1CCC(=O)NCCCCC(C(N)O)NC(O)C(Cc2c[nH]c3ccccc23)NC(O)C(CCCN=C(N)N)NC(O)CNC(=O)C2CCCC(N2)C1O. The van der Waals surface area contributed by atoms with Crippen LogP contribution in [-0.4, -0.2) is 367 Å². The van der Waals surface area contributed by atoms with E-state index in [0.29, 0.717) is 63.6 Å². The number of β-amino-alcohol motifs (C(OH)–C–C–N with tert-alkyl or cyclic N) is 1. The number of hydrogen-bond donors (Lipinski definition) is 34. The number of aliphatic imine (C=N–C) groups is 1. The van der Waals surface area contributed by atoms with E-state index in [9.17, 15) is 99.9 Å². The number of guanidine groups is 1.